The van der Waals surface area contributed by atoms with Crippen LogP contribution in [0.5, 0.6) is 0 Å². The van der Waals surface area contributed by atoms with Gasteiger partial charge in [0.25, 0.3) is 0 Å². The zero-order valence-electron chi connectivity index (χ0n) is 21.7. The van der Waals surface area contributed by atoms with Crippen molar-refractivity contribution in [3.63, 3.8) is 0 Å². The van der Waals surface area contributed by atoms with Crippen LogP contribution in [0, 0.1) is 0 Å². The Morgan fingerprint density at radius 3 is 2.05 bits per heavy atom. The van der Waals surface area contributed by atoms with Crippen LogP contribution in [0.25, 0.3) is 72.2 Å². The number of furan rings is 1. The Kier molecular flexibility index (Phi) is 5.14. The molecule has 3 heteroatoms. The van der Waals surface area contributed by atoms with Crippen LogP contribution in [-0.2, 0) is 0 Å². The maximum atomic E-state index is 6.88. The van der Waals surface area contributed by atoms with Crippen LogP contribution in [0.15, 0.2) is 150 Å². The van der Waals surface area contributed by atoms with Crippen LogP contribution >= 0.6 is 0 Å². The van der Waals surface area contributed by atoms with Crippen molar-refractivity contribution in [3.8, 4) is 39.4 Å². The largest absolute Gasteiger partial charge is 0.455 e. The summed E-state index contributed by atoms with van der Waals surface area (Å²) in [6.07, 6.45) is 1.84. The normalized spacial score (nSPS) is 11.5. The highest BCUT2D eigenvalue weighted by molar-refractivity contribution is 6.22. The molecule has 0 atom stereocenters. The predicted octanol–water partition coefficient (Wildman–Crippen LogP) is 9.93. The molecule has 3 aromatic heterocycles. The summed E-state index contributed by atoms with van der Waals surface area (Å²) in [6, 6.07) is 48.6. The molecule has 40 heavy (non-hydrogen) atoms. The number of aromatic nitrogens is 2. The Balaban J connectivity index is 1.46. The second-order valence-corrected chi connectivity index (χ2v) is 9.99. The fourth-order valence-corrected chi connectivity index (χ4v) is 5.91. The molecule has 0 radical (unpaired) electrons. The highest BCUT2D eigenvalue weighted by Crippen LogP contribution is 2.46. The third-order valence-corrected chi connectivity index (χ3v) is 7.65. The summed E-state index contributed by atoms with van der Waals surface area (Å²) in [5, 5.41) is 3.40. The highest BCUT2D eigenvalue weighted by Gasteiger charge is 2.23. The van der Waals surface area contributed by atoms with Gasteiger partial charge in [0.1, 0.15) is 11.3 Å². The zero-order chi connectivity index (χ0) is 26.5. The SMILES string of the molecule is c1ccc(-c2oc3c(ccc4c3c3ccccc3n4-c3cccc(-c4ccccn4)c3)c2-c2ccccc2)cc1. The van der Waals surface area contributed by atoms with Crippen molar-refractivity contribution >= 4 is 32.8 Å². The zero-order valence-corrected chi connectivity index (χ0v) is 21.7. The lowest BCUT2D eigenvalue weighted by Gasteiger charge is -2.10. The number of pyridine rings is 1. The monoisotopic (exact) mass is 512 g/mol. The summed E-state index contributed by atoms with van der Waals surface area (Å²) in [4.78, 5) is 4.58. The molecule has 0 bridgehead atoms. The molecule has 0 saturated carbocycles. The van der Waals surface area contributed by atoms with Crippen LogP contribution in [-0.4, -0.2) is 9.55 Å². The van der Waals surface area contributed by atoms with Crippen LogP contribution in [0.1, 0.15) is 0 Å². The molecule has 0 N–H and O–H groups in total. The van der Waals surface area contributed by atoms with E-state index < -0.39 is 0 Å². The summed E-state index contributed by atoms with van der Waals surface area (Å²) in [7, 11) is 0. The third kappa shape index (κ3) is 3.49. The van der Waals surface area contributed by atoms with E-state index in [9.17, 15) is 0 Å². The van der Waals surface area contributed by atoms with E-state index in [1.807, 2.05) is 30.5 Å². The first-order valence-corrected chi connectivity index (χ1v) is 13.5. The second-order valence-electron chi connectivity index (χ2n) is 9.99. The predicted molar refractivity (Wildman–Crippen MR) is 165 cm³/mol. The molecular formula is C37H24N2O. The number of fused-ring (bicyclic) bond motifs is 5. The van der Waals surface area contributed by atoms with Crippen LogP contribution in [0.2, 0.25) is 0 Å². The molecule has 0 aliphatic heterocycles. The van der Waals surface area contributed by atoms with E-state index in [0.29, 0.717) is 0 Å². The molecule has 3 heterocycles. The van der Waals surface area contributed by atoms with Crippen LogP contribution < -0.4 is 0 Å². The number of hydrogen-bond donors (Lipinski definition) is 0. The lowest BCUT2D eigenvalue weighted by molar-refractivity contribution is 0.636. The van der Waals surface area contributed by atoms with Gasteiger partial charge >= 0.3 is 0 Å². The minimum Gasteiger partial charge on any atom is -0.455 e. The lowest BCUT2D eigenvalue weighted by Crippen LogP contribution is -1.94. The summed E-state index contributed by atoms with van der Waals surface area (Å²) < 4.78 is 9.22. The molecule has 3 nitrogen and oxygen atoms in total. The molecule has 0 spiro atoms. The number of hydrogen-bond acceptors (Lipinski definition) is 2. The van der Waals surface area contributed by atoms with Gasteiger partial charge in [-0.1, -0.05) is 97.1 Å². The van der Waals surface area contributed by atoms with E-state index >= 15 is 0 Å². The average Bonchev–Trinajstić information content (AvgIpc) is 3.59. The molecule has 0 saturated heterocycles. The first-order chi connectivity index (χ1) is 19.9. The van der Waals surface area contributed by atoms with E-state index in [1.165, 1.54) is 5.39 Å². The van der Waals surface area contributed by atoms with Gasteiger partial charge in [0, 0.05) is 39.3 Å². The molecule has 8 rings (SSSR count). The Hall–Kier alpha value is -5.41. The third-order valence-electron chi connectivity index (χ3n) is 7.65. The highest BCUT2D eigenvalue weighted by atomic mass is 16.3. The van der Waals surface area contributed by atoms with Gasteiger partial charge in [-0.2, -0.15) is 0 Å². The Bertz CT molecular complexity index is 2140. The number of rotatable bonds is 4. The van der Waals surface area contributed by atoms with Crippen LogP contribution in [0.4, 0.5) is 0 Å². The minimum atomic E-state index is 0.892. The van der Waals surface area contributed by atoms with Crippen molar-refractivity contribution in [2.24, 2.45) is 0 Å². The number of benzene rings is 5. The molecule has 8 aromatic rings. The smallest absolute Gasteiger partial charge is 0.145 e. The van der Waals surface area contributed by atoms with Gasteiger partial charge in [0.15, 0.2) is 0 Å². The molecular weight excluding hydrogens is 488 g/mol. The Morgan fingerprint density at radius 2 is 1.25 bits per heavy atom. The maximum absolute atomic E-state index is 6.88. The van der Waals surface area contributed by atoms with Gasteiger partial charge in [-0.3, -0.25) is 4.98 Å². The molecule has 5 aromatic carbocycles. The quantitative estimate of drug-likeness (QED) is 0.235. The lowest BCUT2D eigenvalue weighted by atomic mass is 9.98. The molecule has 0 fully saturated rings. The molecule has 0 amide bonds. The Labute approximate surface area is 231 Å². The standard InChI is InChI=1S/C37H24N2O/c1-3-12-25(13-4-1)34-30-21-22-33-35(37(30)40-36(34)26-14-5-2-6-15-26)29-18-7-8-20-32(29)39(33)28-17-11-16-27(24-28)31-19-9-10-23-38-31/h1-24H. The van der Waals surface area contributed by atoms with E-state index in [4.69, 9.17) is 4.42 Å². The van der Waals surface area contributed by atoms with Gasteiger partial charge in [-0.05, 0) is 48.0 Å². The number of para-hydroxylation sites is 1. The van der Waals surface area contributed by atoms with Crippen molar-refractivity contribution in [1.29, 1.82) is 0 Å². The summed E-state index contributed by atoms with van der Waals surface area (Å²) in [5.74, 6) is 0.892. The molecule has 0 aliphatic rings. The van der Waals surface area contributed by atoms with Crippen molar-refractivity contribution in [3.05, 3.63) is 146 Å². The topological polar surface area (TPSA) is 31.0 Å². The fourth-order valence-electron chi connectivity index (χ4n) is 5.91. The molecule has 0 unspecified atom stereocenters. The first kappa shape index (κ1) is 22.6. The maximum Gasteiger partial charge on any atom is 0.145 e. The molecule has 0 aliphatic carbocycles. The van der Waals surface area contributed by atoms with Crippen molar-refractivity contribution < 1.29 is 4.42 Å². The van der Waals surface area contributed by atoms with Crippen molar-refractivity contribution in [1.82, 2.24) is 9.55 Å². The van der Waals surface area contributed by atoms with Crippen molar-refractivity contribution in [2.75, 3.05) is 0 Å². The van der Waals surface area contributed by atoms with E-state index in [-0.39, 0.29) is 0 Å². The van der Waals surface area contributed by atoms with Gasteiger partial charge < -0.3 is 8.98 Å². The van der Waals surface area contributed by atoms with Gasteiger partial charge in [-0.25, -0.2) is 0 Å². The van der Waals surface area contributed by atoms with Gasteiger partial charge in [0.05, 0.1) is 22.1 Å². The van der Waals surface area contributed by atoms with Crippen LogP contribution in [0.3, 0.4) is 0 Å². The summed E-state index contributed by atoms with van der Waals surface area (Å²) in [6.45, 7) is 0. The van der Waals surface area contributed by atoms with E-state index in [1.54, 1.807) is 0 Å². The fraction of sp³-hybridized carbons (Fsp3) is 0. The van der Waals surface area contributed by atoms with E-state index in [0.717, 1.165) is 66.8 Å². The van der Waals surface area contributed by atoms with E-state index in [2.05, 4.69) is 125 Å². The van der Waals surface area contributed by atoms with Crippen molar-refractivity contribution in [2.45, 2.75) is 0 Å². The average molecular weight is 513 g/mol. The first-order valence-electron chi connectivity index (χ1n) is 13.5. The summed E-state index contributed by atoms with van der Waals surface area (Å²) >= 11 is 0. The Morgan fingerprint density at radius 1 is 0.525 bits per heavy atom. The number of nitrogens with zero attached hydrogens (tertiary/aromatic N) is 2. The summed E-state index contributed by atoms with van der Waals surface area (Å²) in [5.41, 5.74) is 9.63. The minimum absolute atomic E-state index is 0.892. The van der Waals surface area contributed by atoms with Gasteiger partial charge in [0.2, 0.25) is 0 Å². The second kappa shape index (κ2) is 9.11. The molecule has 188 valence electrons. The van der Waals surface area contributed by atoms with Gasteiger partial charge in [-0.15, -0.1) is 0 Å².